The Balaban J connectivity index is 2.56. The number of benzene rings is 1. The van der Waals surface area contributed by atoms with E-state index in [1.54, 1.807) is 11.7 Å². The number of nitrogens with two attached hydrogens (primary N) is 1. The smallest absolute Gasteiger partial charge is 0.153 e. The molecule has 0 spiro atoms. The van der Waals surface area contributed by atoms with Crippen LogP contribution in [-0.2, 0) is 7.05 Å². The first kappa shape index (κ1) is 13.5. The Hall–Kier alpha value is -0.950. The van der Waals surface area contributed by atoms with Crippen LogP contribution in [0.3, 0.4) is 0 Å². The topological polar surface area (TPSA) is 68.8 Å². The highest BCUT2D eigenvalue weighted by molar-refractivity contribution is 9.10. The number of aromatic nitrogens is 3. The van der Waals surface area contributed by atoms with Crippen molar-refractivity contribution in [3.05, 3.63) is 44.6 Å². The number of halogens is 2. The summed E-state index contributed by atoms with van der Waals surface area (Å²) in [6.07, 6.45) is 0. The first-order chi connectivity index (χ1) is 8.56. The third-order valence-electron chi connectivity index (χ3n) is 2.80. The molecule has 0 radical (unpaired) electrons. The van der Waals surface area contributed by atoms with Crippen molar-refractivity contribution in [3.63, 3.8) is 0 Å². The van der Waals surface area contributed by atoms with E-state index in [2.05, 4.69) is 31.7 Å². The Kier molecular flexibility index (Phi) is 4.01. The van der Waals surface area contributed by atoms with E-state index in [0.29, 0.717) is 9.63 Å². The van der Waals surface area contributed by atoms with Crippen LogP contribution in [0.1, 0.15) is 22.9 Å². The van der Waals surface area contributed by atoms with Gasteiger partial charge in [-0.15, -0.1) is 5.10 Å². The number of aryl methyl sites for hydroxylation is 2. The summed E-state index contributed by atoms with van der Waals surface area (Å²) in [5, 5.41) is 8.59. The monoisotopic (exact) mass is 329 g/mol. The molecule has 0 saturated heterocycles. The van der Waals surface area contributed by atoms with Gasteiger partial charge in [-0.1, -0.05) is 35.0 Å². The second-order valence-corrected chi connectivity index (χ2v) is 5.10. The van der Waals surface area contributed by atoms with Crippen LogP contribution in [0.2, 0.25) is 5.02 Å². The molecule has 1 atom stereocenters. The molecule has 1 unspecified atom stereocenters. The van der Waals surface area contributed by atoms with Gasteiger partial charge in [0.15, 0.2) is 4.60 Å². The fraction of sp³-hybridized carbons (Fsp3) is 0.273. The molecule has 7 heteroatoms. The summed E-state index contributed by atoms with van der Waals surface area (Å²) in [6, 6.07) is 5.56. The highest BCUT2D eigenvalue weighted by Gasteiger charge is 2.23. The first-order valence-electron chi connectivity index (χ1n) is 5.32. The highest BCUT2D eigenvalue weighted by Crippen LogP contribution is 2.32. The Morgan fingerprint density at radius 1 is 1.50 bits per heavy atom. The average Bonchev–Trinajstić information content (AvgIpc) is 2.67. The molecule has 96 valence electrons. The molecule has 0 bridgehead atoms. The Bertz CT molecular complexity index is 549. The molecule has 3 N–H and O–H groups in total. The lowest BCUT2D eigenvalue weighted by molar-refractivity contribution is 0.569. The summed E-state index contributed by atoms with van der Waals surface area (Å²) in [5.74, 6) is 5.65. The van der Waals surface area contributed by atoms with Crippen molar-refractivity contribution in [1.82, 2.24) is 20.4 Å². The minimum Gasteiger partial charge on any atom is -0.271 e. The Labute approximate surface area is 118 Å². The van der Waals surface area contributed by atoms with Gasteiger partial charge in [0, 0.05) is 12.1 Å². The summed E-state index contributed by atoms with van der Waals surface area (Å²) >= 11 is 9.69. The van der Waals surface area contributed by atoms with Gasteiger partial charge in [0.25, 0.3) is 0 Å². The van der Waals surface area contributed by atoms with Crippen LogP contribution >= 0.6 is 27.5 Å². The van der Waals surface area contributed by atoms with E-state index in [1.165, 1.54) is 0 Å². The molecule has 0 saturated carbocycles. The second-order valence-electron chi connectivity index (χ2n) is 3.97. The van der Waals surface area contributed by atoms with Crippen LogP contribution in [0.4, 0.5) is 0 Å². The summed E-state index contributed by atoms with van der Waals surface area (Å²) in [7, 11) is 1.81. The minimum atomic E-state index is -0.272. The fourth-order valence-electron chi connectivity index (χ4n) is 1.85. The van der Waals surface area contributed by atoms with E-state index in [4.69, 9.17) is 17.4 Å². The van der Waals surface area contributed by atoms with Gasteiger partial charge < -0.3 is 0 Å². The Morgan fingerprint density at radius 3 is 2.78 bits per heavy atom. The number of nitrogens with zero attached hydrogens (tertiary/aromatic N) is 3. The predicted octanol–water partition coefficient (Wildman–Crippen LogP) is 2.09. The van der Waals surface area contributed by atoms with Gasteiger partial charge in [0.2, 0.25) is 0 Å². The maximum absolute atomic E-state index is 6.33. The summed E-state index contributed by atoms with van der Waals surface area (Å²) in [4.78, 5) is 0. The lowest BCUT2D eigenvalue weighted by Crippen LogP contribution is -2.31. The maximum atomic E-state index is 6.33. The van der Waals surface area contributed by atoms with Crippen molar-refractivity contribution in [2.24, 2.45) is 12.9 Å². The normalized spacial score (nSPS) is 12.7. The zero-order chi connectivity index (χ0) is 13.3. The lowest BCUT2D eigenvalue weighted by atomic mass is 10.0. The number of hydrogen-bond donors (Lipinski definition) is 2. The minimum absolute atomic E-state index is 0.272. The molecule has 1 aromatic heterocycles. The van der Waals surface area contributed by atoms with Crippen molar-refractivity contribution in [3.8, 4) is 0 Å². The SMILES string of the molecule is Cc1cccc(C(NN)c2c(Br)nnn2C)c1Cl. The second kappa shape index (κ2) is 5.36. The van der Waals surface area contributed by atoms with Crippen LogP contribution in [-0.4, -0.2) is 15.0 Å². The van der Waals surface area contributed by atoms with Gasteiger partial charge in [0.1, 0.15) is 0 Å². The molecule has 2 aromatic rings. The molecule has 0 fully saturated rings. The van der Waals surface area contributed by atoms with Crippen LogP contribution < -0.4 is 11.3 Å². The fourth-order valence-corrected chi connectivity index (χ4v) is 2.65. The average molecular weight is 331 g/mol. The van der Waals surface area contributed by atoms with Gasteiger partial charge in [0.05, 0.1) is 11.7 Å². The summed E-state index contributed by atoms with van der Waals surface area (Å²) in [6.45, 7) is 1.95. The zero-order valence-electron chi connectivity index (χ0n) is 9.98. The quantitative estimate of drug-likeness (QED) is 0.668. The Morgan fingerprint density at radius 2 is 2.22 bits per heavy atom. The summed E-state index contributed by atoms with van der Waals surface area (Å²) in [5.41, 5.74) is 5.47. The first-order valence-corrected chi connectivity index (χ1v) is 6.49. The van der Waals surface area contributed by atoms with Crippen molar-refractivity contribution >= 4 is 27.5 Å². The molecule has 1 aromatic carbocycles. The van der Waals surface area contributed by atoms with Crippen LogP contribution in [0.15, 0.2) is 22.8 Å². The van der Waals surface area contributed by atoms with Gasteiger partial charge in [-0.3, -0.25) is 5.84 Å². The standard InChI is InChI=1S/C11H13BrClN5/c1-6-4-3-5-7(8(6)13)9(15-14)10-11(12)16-17-18(10)2/h3-5,9,15H,14H2,1-2H3. The molecular weight excluding hydrogens is 318 g/mol. The van der Waals surface area contributed by atoms with Crippen molar-refractivity contribution < 1.29 is 0 Å². The number of rotatable bonds is 3. The largest absolute Gasteiger partial charge is 0.271 e. The molecule has 1 heterocycles. The van der Waals surface area contributed by atoms with Gasteiger partial charge in [-0.05, 0) is 34.0 Å². The maximum Gasteiger partial charge on any atom is 0.153 e. The third kappa shape index (κ3) is 2.29. The molecule has 0 amide bonds. The van der Waals surface area contributed by atoms with Crippen LogP contribution in [0.25, 0.3) is 0 Å². The molecule has 2 rings (SSSR count). The number of hydrogen-bond acceptors (Lipinski definition) is 4. The molecule has 0 aliphatic carbocycles. The predicted molar refractivity (Wildman–Crippen MR) is 74.1 cm³/mol. The zero-order valence-corrected chi connectivity index (χ0v) is 12.3. The van der Waals surface area contributed by atoms with Gasteiger partial charge in [-0.2, -0.15) is 0 Å². The molecule has 18 heavy (non-hydrogen) atoms. The van der Waals surface area contributed by atoms with Crippen LogP contribution in [0.5, 0.6) is 0 Å². The molecule has 0 aliphatic heterocycles. The highest BCUT2D eigenvalue weighted by atomic mass is 79.9. The lowest BCUT2D eigenvalue weighted by Gasteiger charge is -2.18. The third-order valence-corrected chi connectivity index (χ3v) is 3.88. The number of nitrogens with one attached hydrogen (secondary N) is 1. The molecule has 5 nitrogen and oxygen atoms in total. The van der Waals surface area contributed by atoms with E-state index in [-0.39, 0.29) is 6.04 Å². The molecule has 0 aliphatic rings. The van der Waals surface area contributed by atoms with E-state index >= 15 is 0 Å². The molecular formula is C11H13BrClN5. The van der Waals surface area contributed by atoms with Crippen molar-refractivity contribution in [2.75, 3.05) is 0 Å². The van der Waals surface area contributed by atoms with E-state index in [0.717, 1.165) is 16.8 Å². The van der Waals surface area contributed by atoms with E-state index in [9.17, 15) is 0 Å². The van der Waals surface area contributed by atoms with Crippen LogP contribution in [0, 0.1) is 6.92 Å². The van der Waals surface area contributed by atoms with Gasteiger partial charge >= 0.3 is 0 Å². The summed E-state index contributed by atoms with van der Waals surface area (Å²) < 4.78 is 2.30. The van der Waals surface area contributed by atoms with Crippen molar-refractivity contribution in [2.45, 2.75) is 13.0 Å². The van der Waals surface area contributed by atoms with Gasteiger partial charge in [-0.25, -0.2) is 10.1 Å². The van der Waals surface area contributed by atoms with E-state index < -0.39 is 0 Å². The van der Waals surface area contributed by atoms with Crippen molar-refractivity contribution in [1.29, 1.82) is 0 Å². The number of hydrazine groups is 1. The van der Waals surface area contributed by atoms with E-state index in [1.807, 2.05) is 25.1 Å².